The Hall–Kier alpha value is -3.78. The first-order valence-electron chi connectivity index (χ1n) is 10.4. The van der Waals surface area contributed by atoms with Gasteiger partial charge in [-0.2, -0.15) is 4.99 Å². The van der Waals surface area contributed by atoms with E-state index in [1.807, 2.05) is 42.5 Å². The summed E-state index contributed by atoms with van der Waals surface area (Å²) >= 11 is 1.23. The highest BCUT2D eigenvalue weighted by atomic mass is 32.1. The number of esters is 2. The largest absolute Gasteiger partial charge is 0.468 e. The molecule has 7 nitrogen and oxygen atoms in total. The molecule has 1 heterocycles. The predicted molar refractivity (Wildman–Crippen MR) is 126 cm³/mol. The van der Waals surface area contributed by atoms with E-state index >= 15 is 0 Å². The molecule has 0 aliphatic rings. The van der Waals surface area contributed by atoms with Gasteiger partial charge < -0.3 is 14.0 Å². The minimum atomic E-state index is -0.466. The number of hydrogen-bond donors (Lipinski definition) is 0. The van der Waals surface area contributed by atoms with Crippen molar-refractivity contribution in [2.24, 2.45) is 4.99 Å². The minimum absolute atomic E-state index is 0.102. The molecular formula is C25H22N2O5S. The molecule has 0 N–H and O–H groups in total. The van der Waals surface area contributed by atoms with Crippen LogP contribution in [0.15, 0.2) is 65.7 Å². The number of aromatic nitrogens is 1. The summed E-state index contributed by atoms with van der Waals surface area (Å²) in [6.07, 6.45) is 0.127. The number of thiazole rings is 1. The molecule has 1 amide bonds. The highest BCUT2D eigenvalue weighted by Gasteiger charge is 2.15. The van der Waals surface area contributed by atoms with Gasteiger partial charge in [0.15, 0.2) is 4.80 Å². The number of methoxy groups -OCH3 is 1. The first-order valence-corrected chi connectivity index (χ1v) is 11.2. The third kappa shape index (κ3) is 4.85. The zero-order valence-electron chi connectivity index (χ0n) is 18.2. The van der Waals surface area contributed by atoms with Crippen LogP contribution in [0.3, 0.4) is 0 Å². The molecule has 0 spiro atoms. The van der Waals surface area contributed by atoms with Crippen molar-refractivity contribution in [2.45, 2.75) is 19.9 Å². The van der Waals surface area contributed by atoms with Crippen LogP contribution in [0, 0.1) is 0 Å². The number of nitrogens with zero attached hydrogens (tertiary/aromatic N) is 2. The maximum Gasteiger partial charge on any atom is 0.338 e. The van der Waals surface area contributed by atoms with E-state index in [1.54, 1.807) is 29.7 Å². The van der Waals surface area contributed by atoms with E-state index in [-0.39, 0.29) is 25.5 Å². The Balaban J connectivity index is 1.75. The number of fused-ring (bicyclic) bond motifs is 2. The van der Waals surface area contributed by atoms with Gasteiger partial charge in [-0.1, -0.05) is 53.8 Å². The molecule has 0 aliphatic carbocycles. The first-order chi connectivity index (χ1) is 16.0. The molecule has 168 valence electrons. The fraction of sp³-hybridized carbons (Fsp3) is 0.200. The number of rotatable bonds is 6. The van der Waals surface area contributed by atoms with E-state index in [1.165, 1.54) is 18.4 Å². The number of hydrogen-bond acceptors (Lipinski definition) is 6. The maximum atomic E-state index is 12.9. The molecule has 0 bridgehead atoms. The van der Waals surface area contributed by atoms with Gasteiger partial charge in [-0.15, -0.1) is 0 Å². The van der Waals surface area contributed by atoms with E-state index in [0.29, 0.717) is 20.6 Å². The minimum Gasteiger partial charge on any atom is -0.468 e. The molecule has 8 heteroatoms. The van der Waals surface area contributed by atoms with Gasteiger partial charge in [0.25, 0.3) is 5.91 Å². The molecule has 0 fully saturated rings. The van der Waals surface area contributed by atoms with Crippen LogP contribution in [0.25, 0.3) is 21.0 Å². The van der Waals surface area contributed by atoms with Crippen LogP contribution in [0.4, 0.5) is 0 Å². The third-order valence-electron chi connectivity index (χ3n) is 5.15. The summed E-state index contributed by atoms with van der Waals surface area (Å²) in [4.78, 5) is 41.7. The fourth-order valence-corrected chi connectivity index (χ4v) is 4.69. The number of carbonyl (C=O) groups is 3. The molecule has 33 heavy (non-hydrogen) atoms. The molecular weight excluding hydrogens is 440 g/mol. The molecule has 0 unspecified atom stereocenters. The molecule has 3 aromatic carbocycles. The zero-order valence-corrected chi connectivity index (χ0v) is 19.1. The van der Waals surface area contributed by atoms with Gasteiger partial charge in [-0.05, 0) is 41.5 Å². The average molecular weight is 463 g/mol. The third-order valence-corrected chi connectivity index (χ3v) is 6.19. The number of amides is 1. The second-order valence-corrected chi connectivity index (χ2v) is 8.28. The quantitative estimate of drug-likeness (QED) is 0.406. The van der Waals surface area contributed by atoms with Gasteiger partial charge in [0.05, 0.1) is 35.9 Å². The Labute approximate surface area is 193 Å². The SMILES string of the molecule is CCOC(=O)c1ccc2c(c1)sc(=NC(=O)Cc1cccc3ccccc13)n2CC(=O)OC. The highest BCUT2D eigenvalue weighted by molar-refractivity contribution is 7.16. The van der Waals surface area contributed by atoms with Crippen LogP contribution in [0.5, 0.6) is 0 Å². The lowest BCUT2D eigenvalue weighted by molar-refractivity contribution is -0.141. The topological polar surface area (TPSA) is 87.0 Å². The van der Waals surface area contributed by atoms with Crippen LogP contribution >= 0.6 is 11.3 Å². The van der Waals surface area contributed by atoms with E-state index < -0.39 is 11.9 Å². The van der Waals surface area contributed by atoms with Crippen molar-refractivity contribution < 1.29 is 23.9 Å². The van der Waals surface area contributed by atoms with Gasteiger partial charge in [-0.25, -0.2) is 4.79 Å². The fourth-order valence-electron chi connectivity index (χ4n) is 3.60. The molecule has 1 aromatic heterocycles. The summed E-state index contributed by atoms with van der Waals surface area (Å²) in [6, 6.07) is 18.7. The molecule has 0 radical (unpaired) electrons. The van der Waals surface area contributed by atoms with Gasteiger partial charge >= 0.3 is 11.9 Å². The van der Waals surface area contributed by atoms with Crippen molar-refractivity contribution in [3.8, 4) is 0 Å². The predicted octanol–water partition coefficient (Wildman–Crippen LogP) is 3.88. The lowest BCUT2D eigenvalue weighted by Crippen LogP contribution is -2.22. The Bertz CT molecular complexity index is 1430. The number of ether oxygens (including phenoxy) is 2. The summed E-state index contributed by atoms with van der Waals surface area (Å²) in [6.45, 7) is 1.91. The van der Waals surface area contributed by atoms with Crippen molar-refractivity contribution in [3.63, 3.8) is 0 Å². The van der Waals surface area contributed by atoms with Crippen molar-refractivity contribution in [2.75, 3.05) is 13.7 Å². The van der Waals surface area contributed by atoms with Gasteiger partial charge in [0.1, 0.15) is 6.54 Å². The molecule has 0 aliphatic heterocycles. The summed E-state index contributed by atoms with van der Waals surface area (Å²) in [5.41, 5.74) is 1.95. The Morgan fingerprint density at radius 1 is 1.03 bits per heavy atom. The number of carbonyl (C=O) groups excluding carboxylic acids is 3. The summed E-state index contributed by atoms with van der Waals surface area (Å²) in [5.74, 6) is -1.23. The molecule has 4 rings (SSSR count). The van der Waals surface area contributed by atoms with E-state index in [0.717, 1.165) is 16.3 Å². The normalized spacial score (nSPS) is 11.6. The zero-order chi connectivity index (χ0) is 23.4. The lowest BCUT2D eigenvalue weighted by atomic mass is 10.0. The van der Waals surface area contributed by atoms with Gasteiger partial charge in [-0.3, -0.25) is 9.59 Å². The first kappa shape index (κ1) is 22.4. The molecule has 4 aromatic rings. The van der Waals surface area contributed by atoms with E-state index in [2.05, 4.69) is 4.99 Å². The van der Waals surface area contributed by atoms with Crippen LogP contribution in [-0.2, 0) is 32.0 Å². The average Bonchev–Trinajstić information content (AvgIpc) is 3.15. The maximum absolute atomic E-state index is 12.9. The highest BCUT2D eigenvalue weighted by Crippen LogP contribution is 2.21. The molecule has 0 saturated heterocycles. The van der Waals surface area contributed by atoms with E-state index in [4.69, 9.17) is 9.47 Å². The van der Waals surface area contributed by atoms with Crippen molar-refractivity contribution in [3.05, 3.63) is 76.6 Å². The Morgan fingerprint density at radius 2 is 1.82 bits per heavy atom. The van der Waals surface area contributed by atoms with Crippen molar-refractivity contribution in [1.29, 1.82) is 0 Å². The standard InChI is InChI=1S/C25H22N2O5S/c1-3-32-24(30)18-11-12-20-21(13-18)33-25(27(20)15-23(29)31-2)26-22(28)14-17-9-6-8-16-7-4-5-10-19(16)17/h4-13H,3,14-15H2,1-2H3. The van der Waals surface area contributed by atoms with Crippen LogP contribution in [0.1, 0.15) is 22.8 Å². The number of benzene rings is 3. The van der Waals surface area contributed by atoms with Crippen LogP contribution in [0.2, 0.25) is 0 Å². The monoisotopic (exact) mass is 462 g/mol. The second kappa shape index (κ2) is 9.79. The van der Waals surface area contributed by atoms with Crippen LogP contribution in [-0.4, -0.2) is 36.1 Å². The van der Waals surface area contributed by atoms with Crippen molar-refractivity contribution in [1.82, 2.24) is 4.57 Å². The van der Waals surface area contributed by atoms with Crippen LogP contribution < -0.4 is 4.80 Å². The molecule has 0 saturated carbocycles. The summed E-state index contributed by atoms with van der Waals surface area (Å²) in [7, 11) is 1.30. The van der Waals surface area contributed by atoms with Gasteiger partial charge in [0.2, 0.25) is 0 Å². The lowest BCUT2D eigenvalue weighted by Gasteiger charge is -2.05. The molecule has 0 atom stereocenters. The Kier molecular flexibility index (Phi) is 6.65. The Morgan fingerprint density at radius 3 is 2.61 bits per heavy atom. The summed E-state index contributed by atoms with van der Waals surface area (Å²) < 4.78 is 12.2. The van der Waals surface area contributed by atoms with Gasteiger partial charge in [0, 0.05) is 0 Å². The summed E-state index contributed by atoms with van der Waals surface area (Å²) in [5, 5.41) is 2.05. The van der Waals surface area contributed by atoms with E-state index in [9.17, 15) is 14.4 Å². The van der Waals surface area contributed by atoms with Crippen molar-refractivity contribution >= 4 is 50.2 Å². The second-order valence-electron chi connectivity index (χ2n) is 7.27. The smallest absolute Gasteiger partial charge is 0.338 e.